The highest BCUT2D eigenvalue weighted by atomic mass is 32.1. The molecule has 0 saturated carbocycles. The van der Waals surface area contributed by atoms with Crippen molar-refractivity contribution in [2.45, 2.75) is 6.42 Å². The van der Waals surface area contributed by atoms with Crippen LogP contribution in [0.3, 0.4) is 0 Å². The Morgan fingerprint density at radius 1 is 0.963 bits per heavy atom. The molecule has 0 unspecified atom stereocenters. The van der Waals surface area contributed by atoms with E-state index in [-0.39, 0.29) is 6.03 Å². The smallest absolute Gasteiger partial charge is 0.323 e. The van der Waals surface area contributed by atoms with Crippen molar-refractivity contribution in [2.75, 3.05) is 36.4 Å². The zero-order valence-electron chi connectivity index (χ0n) is 14.7. The molecule has 0 bridgehead atoms. The highest BCUT2D eigenvalue weighted by molar-refractivity contribution is 7.18. The van der Waals surface area contributed by atoms with Gasteiger partial charge in [0.25, 0.3) is 0 Å². The van der Waals surface area contributed by atoms with Gasteiger partial charge >= 0.3 is 6.03 Å². The van der Waals surface area contributed by atoms with Crippen molar-refractivity contribution >= 4 is 28.4 Å². The quantitative estimate of drug-likeness (QED) is 0.751. The molecule has 0 aliphatic carbocycles. The minimum absolute atomic E-state index is 0.151. The number of nitrogens with zero attached hydrogens (tertiary/aromatic N) is 6. The summed E-state index contributed by atoms with van der Waals surface area (Å²) in [5.74, 6) is 0.705. The molecule has 2 amide bonds. The van der Waals surface area contributed by atoms with Crippen molar-refractivity contribution in [1.82, 2.24) is 25.1 Å². The SMILES string of the molecule is O=C(Nc1nnc(-c2ccccc2)s1)N1CCCN(c2ncccn2)CC1. The van der Waals surface area contributed by atoms with Crippen LogP contribution in [0.2, 0.25) is 0 Å². The lowest BCUT2D eigenvalue weighted by Gasteiger charge is -2.21. The van der Waals surface area contributed by atoms with Crippen LogP contribution in [-0.4, -0.2) is 57.3 Å². The maximum absolute atomic E-state index is 12.6. The van der Waals surface area contributed by atoms with Crippen LogP contribution >= 0.6 is 11.3 Å². The van der Waals surface area contributed by atoms with Gasteiger partial charge in [-0.25, -0.2) is 14.8 Å². The molecule has 1 N–H and O–H groups in total. The van der Waals surface area contributed by atoms with Crippen LogP contribution in [0.4, 0.5) is 15.9 Å². The van der Waals surface area contributed by atoms with E-state index in [0.29, 0.717) is 30.7 Å². The maximum Gasteiger partial charge on any atom is 0.323 e. The average molecular weight is 381 g/mol. The van der Waals surface area contributed by atoms with Gasteiger partial charge in [0.2, 0.25) is 11.1 Å². The molecule has 1 aliphatic heterocycles. The predicted molar refractivity (Wildman–Crippen MR) is 105 cm³/mol. The third kappa shape index (κ3) is 4.20. The van der Waals surface area contributed by atoms with Gasteiger partial charge in [0.1, 0.15) is 5.01 Å². The Morgan fingerprint density at radius 2 is 1.78 bits per heavy atom. The fourth-order valence-corrected chi connectivity index (χ4v) is 3.66. The second kappa shape index (κ2) is 8.09. The predicted octanol–water partition coefficient (Wildman–Crippen LogP) is 2.74. The van der Waals surface area contributed by atoms with Crippen LogP contribution in [0, 0.1) is 0 Å². The summed E-state index contributed by atoms with van der Waals surface area (Å²) in [4.78, 5) is 25.1. The number of benzene rings is 1. The van der Waals surface area contributed by atoms with Gasteiger partial charge in [-0.3, -0.25) is 5.32 Å². The number of carbonyl (C=O) groups is 1. The van der Waals surface area contributed by atoms with E-state index in [4.69, 9.17) is 0 Å². The van der Waals surface area contributed by atoms with Crippen LogP contribution < -0.4 is 10.2 Å². The molecule has 27 heavy (non-hydrogen) atoms. The Kier molecular flexibility index (Phi) is 5.20. The van der Waals surface area contributed by atoms with E-state index in [1.165, 1.54) is 11.3 Å². The third-order valence-electron chi connectivity index (χ3n) is 4.28. The molecule has 3 aromatic rings. The monoisotopic (exact) mass is 381 g/mol. The van der Waals surface area contributed by atoms with Gasteiger partial charge in [0, 0.05) is 44.1 Å². The second-order valence-electron chi connectivity index (χ2n) is 6.08. The van der Waals surface area contributed by atoms with E-state index in [0.717, 1.165) is 23.5 Å². The summed E-state index contributed by atoms with van der Waals surface area (Å²) < 4.78 is 0. The van der Waals surface area contributed by atoms with Crippen molar-refractivity contribution < 1.29 is 4.79 Å². The lowest BCUT2D eigenvalue weighted by molar-refractivity contribution is 0.215. The highest BCUT2D eigenvalue weighted by Gasteiger charge is 2.21. The van der Waals surface area contributed by atoms with E-state index in [2.05, 4.69) is 30.4 Å². The van der Waals surface area contributed by atoms with Gasteiger partial charge in [0.05, 0.1) is 0 Å². The number of carbonyl (C=O) groups excluding carboxylic acids is 1. The van der Waals surface area contributed by atoms with Crippen molar-refractivity contribution in [3.8, 4) is 10.6 Å². The van der Waals surface area contributed by atoms with Crippen molar-refractivity contribution in [2.24, 2.45) is 0 Å². The zero-order chi connectivity index (χ0) is 18.5. The molecule has 0 radical (unpaired) electrons. The molecule has 138 valence electrons. The number of nitrogens with one attached hydrogen (secondary N) is 1. The molecule has 1 aromatic carbocycles. The number of anilines is 2. The van der Waals surface area contributed by atoms with Gasteiger partial charge in [-0.15, -0.1) is 10.2 Å². The largest absolute Gasteiger partial charge is 0.339 e. The van der Waals surface area contributed by atoms with Crippen molar-refractivity contribution in [3.63, 3.8) is 0 Å². The van der Waals surface area contributed by atoms with Crippen LogP contribution in [0.5, 0.6) is 0 Å². The standard InChI is InChI=1S/C18H19N7OS/c26-18(21-17-23-22-15(27-17)14-6-2-1-3-7-14)25-11-5-10-24(12-13-25)16-19-8-4-9-20-16/h1-4,6-9H,5,10-13H2,(H,21,23,26). The minimum atomic E-state index is -0.151. The molecule has 9 heteroatoms. The van der Waals surface area contributed by atoms with Gasteiger partial charge in [-0.05, 0) is 12.5 Å². The molecule has 0 atom stereocenters. The second-order valence-corrected chi connectivity index (χ2v) is 7.06. The van der Waals surface area contributed by atoms with E-state index in [1.807, 2.05) is 30.3 Å². The molecule has 1 saturated heterocycles. The first-order valence-corrected chi connectivity index (χ1v) is 9.58. The van der Waals surface area contributed by atoms with Gasteiger partial charge in [0.15, 0.2) is 0 Å². The minimum Gasteiger partial charge on any atom is -0.339 e. The Hall–Kier alpha value is -3.07. The molecule has 0 spiro atoms. The van der Waals surface area contributed by atoms with Gasteiger partial charge < -0.3 is 9.80 Å². The molecule has 4 rings (SSSR count). The summed E-state index contributed by atoms with van der Waals surface area (Å²) in [5.41, 5.74) is 0.990. The average Bonchev–Trinajstić information content (AvgIpc) is 3.04. The zero-order valence-corrected chi connectivity index (χ0v) is 15.5. The molecule has 2 aromatic heterocycles. The summed E-state index contributed by atoms with van der Waals surface area (Å²) >= 11 is 1.37. The van der Waals surface area contributed by atoms with E-state index < -0.39 is 0 Å². The Morgan fingerprint density at radius 3 is 2.59 bits per heavy atom. The lowest BCUT2D eigenvalue weighted by Crippen LogP contribution is -2.38. The number of urea groups is 1. The third-order valence-corrected chi connectivity index (χ3v) is 5.17. The Balaban J connectivity index is 1.37. The van der Waals surface area contributed by atoms with Crippen LogP contribution in [-0.2, 0) is 0 Å². The molecule has 1 fully saturated rings. The Labute approximate surface area is 160 Å². The normalized spacial score (nSPS) is 14.7. The van der Waals surface area contributed by atoms with Gasteiger partial charge in [-0.1, -0.05) is 41.7 Å². The summed E-state index contributed by atoms with van der Waals surface area (Å²) in [5, 5.41) is 12.4. The lowest BCUT2D eigenvalue weighted by atomic mass is 10.2. The van der Waals surface area contributed by atoms with E-state index in [1.54, 1.807) is 23.4 Å². The fraction of sp³-hybridized carbons (Fsp3) is 0.278. The van der Waals surface area contributed by atoms with Crippen LogP contribution in [0.1, 0.15) is 6.42 Å². The maximum atomic E-state index is 12.6. The molecule has 1 aliphatic rings. The Bertz CT molecular complexity index is 887. The van der Waals surface area contributed by atoms with E-state index >= 15 is 0 Å². The first kappa shape index (κ1) is 17.3. The molecular weight excluding hydrogens is 362 g/mol. The van der Waals surface area contributed by atoms with Crippen molar-refractivity contribution in [1.29, 1.82) is 0 Å². The molecule has 8 nitrogen and oxygen atoms in total. The molecular formula is C18H19N7OS. The topological polar surface area (TPSA) is 87.1 Å². The summed E-state index contributed by atoms with van der Waals surface area (Å²) in [6, 6.07) is 11.5. The van der Waals surface area contributed by atoms with Crippen molar-refractivity contribution in [3.05, 3.63) is 48.8 Å². The summed E-state index contributed by atoms with van der Waals surface area (Å²) in [6.45, 7) is 2.81. The number of amides is 2. The number of hydrogen-bond acceptors (Lipinski definition) is 7. The van der Waals surface area contributed by atoms with E-state index in [9.17, 15) is 4.79 Å². The highest BCUT2D eigenvalue weighted by Crippen LogP contribution is 2.26. The number of hydrogen-bond donors (Lipinski definition) is 1. The first-order valence-electron chi connectivity index (χ1n) is 8.76. The fourth-order valence-electron chi connectivity index (χ4n) is 2.92. The van der Waals surface area contributed by atoms with Crippen LogP contribution in [0.15, 0.2) is 48.8 Å². The first-order chi connectivity index (χ1) is 13.3. The molecule has 3 heterocycles. The summed E-state index contributed by atoms with van der Waals surface area (Å²) in [6.07, 6.45) is 4.33. The number of rotatable bonds is 3. The summed E-state index contributed by atoms with van der Waals surface area (Å²) in [7, 11) is 0. The van der Waals surface area contributed by atoms with Gasteiger partial charge in [-0.2, -0.15) is 0 Å². The number of aromatic nitrogens is 4. The van der Waals surface area contributed by atoms with Crippen LogP contribution in [0.25, 0.3) is 10.6 Å².